The number of phenolic OH excluding ortho intramolecular Hbond substituents is 1. The highest BCUT2D eigenvalue weighted by molar-refractivity contribution is 6.31. The fourth-order valence-corrected chi connectivity index (χ4v) is 2.72. The Morgan fingerprint density at radius 1 is 1.30 bits per heavy atom. The Bertz CT molecular complexity index is 873. The quantitative estimate of drug-likeness (QED) is 0.772. The number of hydrogen-bond donors (Lipinski definition) is 2. The first kappa shape index (κ1) is 15.4. The maximum Gasteiger partial charge on any atom is 0.255 e. The third-order valence-electron chi connectivity index (χ3n) is 3.67. The number of aryl methyl sites for hydroxylation is 1. The van der Waals surface area contributed by atoms with E-state index in [4.69, 9.17) is 11.6 Å². The highest BCUT2D eigenvalue weighted by Crippen LogP contribution is 2.21. The monoisotopic (exact) mass is 329 g/mol. The van der Waals surface area contributed by atoms with Crippen molar-refractivity contribution in [2.75, 3.05) is 6.54 Å². The maximum atomic E-state index is 12.1. The number of nitrogens with one attached hydrogen (secondary N) is 1. The van der Waals surface area contributed by atoms with E-state index in [1.54, 1.807) is 0 Å². The smallest absolute Gasteiger partial charge is 0.255 e. The van der Waals surface area contributed by atoms with Crippen molar-refractivity contribution >= 4 is 28.5 Å². The summed E-state index contributed by atoms with van der Waals surface area (Å²) in [4.78, 5) is 16.6. The molecule has 0 saturated heterocycles. The van der Waals surface area contributed by atoms with Gasteiger partial charge in [0.15, 0.2) is 0 Å². The summed E-state index contributed by atoms with van der Waals surface area (Å²) < 4.78 is 2.05. The molecule has 0 aliphatic heterocycles. The molecule has 0 atom stereocenters. The third-order valence-corrected chi connectivity index (χ3v) is 3.90. The van der Waals surface area contributed by atoms with Crippen molar-refractivity contribution in [2.45, 2.75) is 13.5 Å². The van der Waals surface area contributed by atoms with Crippen LogP contribution < -0.4 is 5.32 Å². The number of imidazole rings is 1. The number of fused-ring (bicyclic) bond motifs is 1. The molecule has 0 aliphatic carbocycles. The molecule has 1 aromatic heterocycles. The second kappa shape index (κ2) is 6.30. The predicted molar refractivity (Wildman–Crippen MR) is 89.9 cm³/mol. The standard InChI is InChI=1S/C17H16ClN3O2/c1-11-20-14-4-2-3-5-15(14)21(11)9-8-19-17(23)13-10-12(18)6-7-16(13)22/h2-7,10,22H,8-9H2,1H3,(H,19,23). The number of para-hydroxylation sites is 2. The van der Waals surface area contributed by atoms with E-state index in [0.29, 0.717) is 18.1 Å². The molecule has 0 bridgehead atoms. The van der Waals surface area contributed by atoms with Gasteiger partial charge in [0.2, 0.25) is 0 Å². The molecular weight excluding hydrogens is 314 g/mol. The summed E-state index contributed by atoms with van der Waals surface area (Å²) in [5, 5.41) is 12.9. The van der Waals surface area contributed by atoms with Crippen LogP contribution in [0.5, 0.6) is 5.75 Å². The van der Waals surface area contributed by atoms with E-state index in [9.17, 15) is 9.90 Å². The summed E-state index contributed by atoms with van der Waals surface area (Å²) in [6, 6.07) is 12.3. The molecule has 0 unspecified atom stereocenters. The van der Waals surface area contributed by atoms with Gasteiger partial charge >= 0.3 is 0 Å². The van der Waals surface area contributed by atoms with Gasteiger partial charge in [0.05, 0.1) is 16.6 Å². The first-order valence-electron chi connectivity index (χ1n) is 7.25. The molecule has 6 heteroatoms. The Balaban J connectivity index is 1.70. The molecule has 0 radical (unpaired) electrons. The topological polar surface area (TPSA) is 67.2 Å². The number of halogens is 1. The minimum absolute atomic E-state index is 0.0869. The van der Waals surface area contributed by atoms with E-state index in [1.807, 2.05) is 35.8 Å². The van der Waals surface area contributed by atoms with Crippen LogP contribution in [-0.4, -0.2) is 27.1 Å². The summed E-state index contributed by atoms with van der Waals surface area (Å²) in [5.74, 6) is 0.453. The molecule has 1 amide bonds. The molecule has 3 aromatic rings. The van der Waals surface area contributed by atoms with Crippen LogP contribution in [0.3, 0.4) is 0 Å². The Morgan fingerprint density at radius 3 is 2.91 bits per heavy atom. The number of hydrogen-bond acceptors (Lipinski definition) is 3. The largest absolute Gasteiger partial charge is 0.507 e. The lowest BCUT2D eigenvalue weighted by atomic mass is 10.2. The Labute approximate surface area is 138 Å². The maximum absolute atomic E-state index is 12.1. The van der Waals surface area contributed by atoms with E-state index < -0.39 is 0 Å². The first-order chi connectivity index (χ1) is 11.1. The van der Waals surface area contributed by atoms with Crippen LogP contribution in [0, 0.1) is 6.92 Å². The Hall–Kier alpha value is -2.53. The van der Waals surface area contributed by atoms with E-state index in [0.717, 1.165) is 16.9 Å². The molecule has 118 valence electrons. The highest BCUT2D eigenvalue weighted by atomic mass is 35.5. The van der Waals surface area contributed by atoms with Crippen molar-refractivity contribution in [1.29, 1.82) is 0 Å². The van der Waals surface area contributed by atoms with Crippen LogP contribution in [0.2, 0.25) is 5.02 Å². The van der Waals surface area contributed by atoms with Gasteiger partial charge in [-0.25, -0.2) is 4.98 Å². The summed E-state index contributed by atoms with van der Waals surface area (Å²) >= 11 is 5.86. The minimum atomic E-state index is -0.355. The number of carbonyl (C=O) groups is 1. The number of rotatable bonds is 4. The zero-order valence-electron chi connectivity index (χ0n) is 12.6. The van der Waals surface area contributed by atoms with Gasteiger partial charge in [-0.3, -0.25) is 4.79 Å². The normalized spacial score (nSPS) is 10.9. The van der Waals surface area contributed by atoms with Crippen LogP contribution >= 0.6 is 11.6 Å². The van der Waals surface area contributed by atoms with E-state index in [-0.39, 0.29) is 17.2 Å². The summed E-state index contributed by atoms with van der Waals surface area (Å²) in [5.41, 5.74) is 2.14. The average Bonchev–Trinajstić information content (AvgIpc) is 2.85. The lowest BCUT2D eigenvalue weighted by Gasteiger charge is -2.09. The van der Waals surface area contributed by atoms with Gasteiger partial charge in [0.25, 0.3) is 5.91 Å². The van der Waals surface area contributed by atoms with Crippen LogP contribution in [0.25, 0.3) is 11.0 Å². The van der Waals surface area contributed by atoms with Gasteiger partial charge in [-0.15, -0.1) is 0 Å². The van der Waals surface area contributed by atoms with Crippen molar-refractivity contribution in [1.82, 2.24) is 14.9 Å². The predicted octanol–water partition coefficient (Wildman–Crippen LogP) is 3.13. The lowest BCUT2D eigenvalue weighted by Crippen LogP contribution is -2.27. The van der Waals surface area contributed by atoms with Crippen LogP contribution in [0.1, 0.15) is 16.2 Å². The number of aromatic nitrogens is 2. The van der Waals surface area contributed by atoms with Crippen molar-refractivity contribution in [3.63, 3.8) is 0 Å². The molecule has 5 nitrogen and oxygen atoms in total. The number of phenols is 1. The van der Waals surface area contributed by atoms with Gasteiger partial charge < -0.3 is 15.0 Å². The number of benzene rings is 2. The fourth-order valence-electron chi connectivity index (χ4n) is 2.54. The van der Waals surface area contributed by atoms with Gasteiger partial charge in [-0.2, -0.15) is 0 Å². The summed E-state index contributed by atoms with van der Waals surface area (Å²) in [7, 11) is 0. The SMILES string of the molecule is Cc1nc2ccccc2n1CCNC(=O)c1cc(Cl)ccc1O. The molecule has 0 aliphatic rings. The highest BCUT2D eigenvalue weighted by Gasteiger charge is 2.12. The van der Waals surface area contributed by atoms with Crippen LogP contribution in [0.15, 0.2) is 42.5 Å². The van der Waals surface area contributed by atoms with Crippen LogP contribution in [0.4, 0.5) is 0 Å². The van der Waals surface area contributed by atoms with E-state index in [1.165, 1.54) is 18.2 Å². The van der Waals surface area contributed by atoms with Crippen molar-refractivity contribution in [2.24, 2.45) is 0 Å². The molecule has 2 N–H and O–H groups in total. The average molecular weight is 330 g/mol. The molecule has 2 aromatic carbocycles. The molecule has 0 saturated carbocycles. The van der Waals surface area contributed by atoms with Gasteiger partial charge in [-0.1, -0.05) is 23.7 Å². The van der Waals surface area contributed by atoms with E-state index in [2.05, 4.69) is 10.3 Å². The fraction of sp³-hybridized carbons (Fsp3) is 0.176. The minimum Gasteiger partial charge on any atom is -0.507 e. The first-order valence-corrected chi connectivity index (χ1v) is 7.62. The van der Waals surface area contributed by atoms with Crippen molar-refractivity contribution < 1.29 is 9.90 Å². The van der Waals surface area contributed by atoms with Gasteiger partial charge in [0, 0.05) is 18.1 Å². The van der Waals surface area contributed by atoms with Crippen molar-refractivity contribution in [3.8, 4) is 5.75 Å². The summed E-state index contributed by atoms with van der Waals surface area (Å²) in [6.07, 6.45) is 0. The van der Waals surface area contributed by atoms with Gasteiger partial charge in [-0.05, 0) is 37.3 Å². The van der Waals surface area contributed by atoms with Crippen molar-refractivity contribution in [3.05, 3.63) is 58.9 Å². The van der Waals surface area contributed by atoms with Crippen LogP contribution in [-0.2, 0) is 6.54 Å². The molecule has 0 spiro atoms. The zero-order chi connectivity index (χ0) is 16.4. The number of aromatic hydroxyl groups is 1. The number of amides is 1. The molecular formula is C17H16ClN3O2. The number of carbonyl (C=O) groups excluding carboxylic acids is 1. The molecule has 1 heterocycles. The Kier molecular flexibility index (Phi) is 4.21. The zero-order valence-corrected chi connectivity index (χ0v) is 13.3. The second-order valence-corrected chi connectivity index (χ2v) is 5.65. The Morgan fingerprint density at radius 2 is 2.09 bits per heavy atom. The third kappa shape index (κ3) is 3.14. The molecule has 0 fully saturated rings. The lowest BCUT2D eigenvalue weighted by molar-refractivity contribution is 0.0949. The van der Waals surface area contributed by atoms with Gasteiger partial charge in [0.1, 0.15) is 11.6 Å². The molecule has 23 heavy (non-hydrogen) atoms. The number of nitrogens with zero attached hydrogens (tertiary/aromatic N) is 2. The van der Waals surface area contributed by atoms with E-state index >= 15 is 0 Å². The molecule has 3 rings (SSSR count). The second-order valence-electron chi connectivity index (χ2n) is 5.22. The summed E-state index contributed by atoms with van der Waals surface area (Å²) in [6.45, 7) is 2.95.